The highest BCUT2D eigenvalue weighted by Crippen LogP contribution is 2.48. The lowest BCUT2D eigenvalue weighted by Gasteiger charge is -2.25. The number of para-hydroxylation sites is 3. The maximum atomic E-state index is 15.6. The summed E-state index contributed by atoms with van der Waals surface area (Å²) in [5, 5.41) is 6.40. The van der Waals surface area contributed by atoms with E-state index < -0.39 is 0 Å². The first-order chi connectivity index (χ1) is 31.3. The van der Waals surface area contributed by atoms with E-state index in [2.05, 4.69) is 116 Å². The molecule has 0 radical (unpaired) electrons. The number of hydrogen-bond acceptors (Lipinski definition) is 2. The van der Waals surface area contributed by atoms with Crippen LogP contribution in [-0.4, -0.2) is 4.57 Å². The first-order valence-corrected chi connectivity index (χ1v) is 21.5. The summed E-state index contributed by atoms with van der Waals surface area (Å²) in [6.07, 6.45) is 4.28. The molecule has 0 spiro atoms. The molecular formula is C59H39F2NO2. The Morgan fingerprint density at radius 2 is 1.00 bits per heavy atom. The van der Waals surface area contributed by atoms with E-state index >= 15 is 8.78 Å². The van der Waals surface area contributed by atoms with Crippen LogP contribution in [-0.2, 0) is 0 Å². The Labute approximate surface area is 367 Å². The molecule has 0 atom stereocenters. The average Bonchev–Trinajstić information content (AvgIpc) is 3.99. The fourth-order valence-corrected chi connectivity index (χ4v) is 10.4. The lowest BCUT2D eigenvalue weighted by atomic mass is 9.83. The van der Waals surface area contributed by atoms with Crippen molar-refractivity contribution in [1.29, 1.82) is 0 Å². The van der Waals surface area contributed by atoms with Crippen LogP contribution < -0.4 is 0 Å². The second-order valence-electron chi connectivity index (χ2n) is 16.7. The van der Waals surface area contributed by atoms with Crippen molar-refractivity contribution in [2.45, 2.75) is 20.8 Å². The maximum absolute atomic E-state index is 15.6. The minimum Gasteiger partial charge on any atom is -0.456 e. The molecule has 0 bridgehead atoms. The Morgan fingerprint density at radius 1 is 0.438 bits per heavy atom. The van der Waals surface area contributed by atoms with Gasteiger partial charge in [0.15, 0.2) is 0 Å². The van der Waals surface area contributed by atoms with Crippen LogP contribution in [0.2, 0.25) is 0 Å². The minimum absolute atomic E-state index is 0.340. The maximum Gasteiger partial charge on any atom is 0.137 e. The van der Waals surface area contributed by atoms with Crippen molar-refractivity contribution in [3.63, 3.8) is 0 Å². The normalized spacial score (nSPS) is 12.1. The number of benzene rings is 9. The predicted octanol–water partition coefficient (Wildman–Crippen LogP) is 17.0. The molecule has 0 aliphatic rings. The number of furan rings is 2. The van der Waals surface area contributed by atoms with Crippen LogP contribution in [0.1, 0.15) is 27.8 Å². The van der Waals surface area contributed by atoms with E-state index in [0.717, 1.165) is 133 Å². The van der Waals surface area contributed by atoms with Gasteiger partial charge >= 0.3 is 0 Å². The van der Waals surface area contributed by atoms with Gasteiger partial charge < -0.3 is 13.4 Å². The zero-order valence-electron chi connectivity index (χ0n) is 35.3. The summed E-state index contributed by atoms with van der Waals surface area (Å²) in [6.45, 7) is 6.42. The van der Waals surface area contributed by atoms with E-state index in [9.17, 15) is 0 Å². The fourth-order valence-electron chi connectivity index (χ4n) is 10.4. The summed E-state index contributed by atoms with van der Waals surface area (Å²) in [4.78, 5) is 0. The van der Waals surface area contributed by atoms with Gasteiger partial charge in [-0.2, -0.15) is 0 Å². The van der Waals surface area contributed by atoms with Gasteiger partial charge in [-0.1, -0.05) is 121 Å². The molecule has 0 N–H and O–H groups in total. The molecule has 3 aromatic heterocycles. The number of aromatic nitrogens is 1. The van der Waals surface area contributed by atoms with Gasteiger partial charge in [-0.05, 0) is 143 Å². The summed E-state index contributed by atoms with van der Waals surface area (Å²) >= 11 is 0. The van der Waals surface area contributed by atoms with Crippen LogP contribution in [0.5, 0.6) is 0 Å². The second kappa shape index (κ2) is 14.5. The number of rotatable bonds is 6. The van der Waals surface area contributed by atoms with E-state index in [1.165, 1.54) is 12.1 Å². The Balaban J connectivity index is 1.18. The molecule has 64 heavy (non-hydrogen) atoms. The topological polar surface area (TPSA) is 31.2 Å². The largest absolute Gasteiger partial charge is 0.456 e. The number of hydrogen-bond donors (Lipinski definition) is 0. The molecule has 0 unspecified atom stereocenters. The molecule has 0 saturated heterocycles. The van der Waals surface area contributed by atoms with Crippen LogP contribution in [0, 0.1) is 32.4 Å². The van der Waals surface area contributed by atoms with Crippen LogP contribution in [0.25, 0.3) is 117 Å². The summed E-state index contributed by atoms with van der Waals surface area (Å²) in [7, 11) is 0. The van der Waals surface area contributed by atoms with Gasteiger partial charge in [0, 0.05) is 26.9 Å². The smallest absolute Gasteiger partial charge is 0.137 e. The zero-order valence-corrected chi connectivity index (χ0v) is 35.3. The van der Waals surface area contributed by atoms with Crippen molar-refractivity contribution in [2.75, 3.05) is 0 Å². The van der Waals surface area contributed by atoms with E-state index in [-0.39, 0.29) is 11.6 Å². The monoisotopic (exact) mass is 831 g/mol. The first kappa shape index (κ1) is 37.7. The van der Waals surface area contributed by atoms with Gasteiger partial charge in [-0.3, -0.25) is 0 Å². The van der Waals surface area contributed by atoms with Crippen molar-refractivity contribution >= 4 is 77.8 Å². The molecular weight excluding hydrogens is 793 g/mol. The second-order valence-corrected chi connectivity index (χ2v) is 16.7. The SMILES string of the molecule is Cc1c(-c2cccc(F)c2)c(/C=C\c2ccccc2-c2ccc3oc4ccccc4c3c2C)c(-c2cccc(F)c2)c(C)c1-n1c2ccccc2c2ccc3oc4ccccc4c3c21. The molecule has 306 valence electrons. The molecule has 0 aliphatic carbocycles. The highest BCUT2D eigenvalue weighted by molar-refractivity contribution is 6.24. The molecule has 9 aromatic carbocycles. The number of nitrogens with zero attached hydrogens (tertiary/aromatic N) is 1. The minimum atomic E-state index is -0.340. The third kappa shape index (κ3) is 5.70. The third-order valence-corrected chi connectivity index (χ3v) is 13.1. The number of fused-ring (bicyclic) bond motifs is 10. The van der Waals surface area contributed by atoms with Gasteiger partial charge in [0.25, 0.3) is 0 Å². The molecule has 0 fully saturated rings. The van der Waals surface area contributed by atoms with Crippen molar-refractivity contribution in [2.24, 2.45) is 0 Å². The molecule has 0 saturated carbocycles. The Hall–Kier alpha value is -8.02. The summed E-state index contributed by atoms with van der Waals surface area (Å²) in [5.41, 5.74) is 16.5. The van der Waals surface area contributed by atoms with E-state index in [4.69, 9.17) is 8.83 Å². The van der Waals surface area contributed by atoms with Crippen LogP contribution >= 0.6 is 0 Å². The Kier molecular flexibility index (Phi) is 8.57. The van der Waals surface area contributed by atoms with E-state index in [1.807, 2.05) is 54.6 Å². The Morgan fingerprint density at radius 3 is 1.67 bits per heavy atom. The first-order valence-electron chi connectivity index (χ1n) is 21.5. The molecule has 3 nitrogen and oxygen atoms in total. The van der Waals surface area contributed by atoms with Gasteiger partial charge in [0.1, 0.15) is 34.0 Å². The van der Waals surface area contributed by atoms with Crippen LogP contribution in [0.4, 0.5) is 8.78 Å². The van der Waals surface area contributed by atoms with Gasteiger partial charge in [-0.25, -0.2) is 8.78 Å². The average molecular weight is 832 g/mol. The van der Waals surface area contributed by atoms with Crippen molar-refractivity contribution in [3.05, 3.63) is 209 Å². The lowest BCUT2D eigenvalue weighted by molar-refractivity contribution is 0.628. The predicted molar refractivity (Wildman–Crippen MR) is 261 cm³/mol. The summed E-state index contributed by atoms with van der Waals surface area (Å²) < 4.78 is 46.2. The molecule has 0 amide bonds. The van der Waals surface area contributed by atoms with E-state index in [0.29, 0.717) is 0 Å². The zero-order chi connectivity index (χ0) is 43.2. The lowest BCUT2D eigenvalue weighted by Crippen LogP contribution is -2.07. The molecule has 12 aromatic rings. The highest BCUT2D eigenvalue weighted by atomic mass is 19.1. The standard InChI is InChI=1S/C59H39F2NO2/c1-34-42(28-30-52-56(34)46-21-7-10-24-50(46)63-52)43-19-5-4-14-37(43)26-27-48-54(38-15-12-17-40(60)32-38)35(2)58(36(3)55(48)39-16-13-18-41(61)33-39)62-49-23-9-6-20-44(49)45-29-31-53-57(59(45)62)47-22-8-11-25-51(47)64-53/h4-33H,1-3H3/b27-26-. The van der Waals surface area contributed by atoms with Gasteiger partial charge in [-0.15, -0.1) is 0 Å². The number of aryl methyl sites for hydroxylation is 1. The van der Waals surface area contributed by atoms with Crippen molar-refractivity contribution < 1.29 is 17.6 Å². The number of halogens is 2. The molecule has 12 rings (SSSR count). The van der Waals surface area contributed by atoms with Gasteiger partial charge in [0.2, 0.25) is 0 Å². The summed E-state index contributed by atoms with van der Waals surface area (Å²) in [6, 6.07) is 55.2. The fraction of sp³-hybridized carbons (Fsp3) is 0.0508. The molecule has 0 aliphatic heterocycles. The third-order valence-electron chi connectivity index (χ3n) is 13.1. The van der Waals surface area contributed by atoms with Crippen molar-refractivity contribution in [3.8, 4) is 39.1 Å². The van der Waals surface area contributed by atoms with Crippen LogP contribution in [0.3, 0.4) is 0 Å². The van der Waals surface area contributed by atoms with E-state index in [1.54, 1.807) is 24.3 Å². The molecule has 3 heterocycles. The van der Waals surface area contributed by atoms with Crippen LogP contribution in [0.15, 0.2) is 179 Å². The Bertz CT molecular complexity index is 3840. The highest BCUT2D eigenvalue weighted by Gasteiger charge is 2.27. The summed E-state index contributed by atoms with van der Waals surface area (Å²) in [5.74, 6) is -0.680. The quantitative estimate of drug-likeness (QED) is 0.156. The van der Waals surface area contributed by atoms with Gasteiger partial charge in [0.05, 0.1) is 22.1 Å². The van der Waals surface area contributed by atoms with Crippen molar-refractivity contribution in [1.82, 2.24) is 4.57 Å². The molecule has 5 heteroatoms.